The van der Waals surface area contributed by atoms with Crippen LogP contribution in [0.3, 0.4) is 0 Å². The van der Waals surface area contributed by atoms with E-state index in [9.17, 15) is 8.42 Å². The Kier molecular flexibility index (Phi) is 8.01. The molecule has 0 radical (unpaired) electrons. The molecule has 0 aromatic heterocycles. The third-order valence-corrected chi connectivity index (χ3v) is 7.59. The van der Waals surface area contributed by atoms with Crippen molar-refractivity contribution in [3.05, 3.63) is 107 Å². The van der Waals surface area contributed by atoms with E-state index < -0.39 is 15.1 Å². The lowest BCUT2D eigenvalue weighted by atomic mass is 10.1. The Balaban J connectivity index is 1.91. The van der Waals surface area contributed by atoms with E-state index in [-0.39, 0.29) is 4.90 Å². The van der Waals surface area contributed by atoms with Crippen molar-refractivity contribution in [2.75, 3.05) is 38.0 Å². The summed E-state index contributed by atoms with van der Waals surface area (Å²) in [4.78, 5) is 4.26. The van der Waals surface area contributed by atoms with E-state index in [2.05, 4.69) is 0 Å². The standard InChI is InChI=1S/C27H29ClN2O2S/c1-29(2)24-15-9-21(10-16-24)7-5-6-8-27(22-11-17-25(18-12-22)30(3)4)33(31,32)26-19-13-23(28)14-20-26/h5-20,27H,1-4H3. The van der Waals surface area contributed by atoms with Gasteiger partial charge in [0, 0.05) is 44.6 Å². The molecule has 3 rings (SSSR count). The van der Waals surface area contributed by atoms with Gasteiger partial charge < -0.3 is 9.80 Å². The molecule has 6 heteroatoms. The van der Waals surface area contributed by atoms with Crippen LogP contribution in [0.5, 0.6) is 0 Å². The van der Waals surface area contributed by atoms with E-state index in [0.717, 1.165) is 16.9 Å². The van der Waals surface area contributed by atoms with Crippen LogP contribution in [0.25, 0.3) is 6.08 Å². The fraction of sp³-hybridized carbons (Fsp3) is 0.185. The van der Waals surface area contributed by atoms with Crippen molar-refractivity contribution < 1.29 is 8.42 Å². The summed E-state index contributed by atoms with van der Waals surface area (Å²) in [6.07, 6.45) is 7.33. The second-order valence-electron chi connectivity index (χ2n) is 8.14. The molecular formula is C27H29ClN2O2S. The van der Waals surface area contributed by atoms with Gasteiger partial charge in [-0.15, -0.1) is 0 Å². The van der Waals surface area contributed by atoms with E-state index in [4.69, 9.17) is 11.6 Å². The van der Waals surface area contributed by atoms with Gasteiger partial charge in [-0.2, -0.15) is 0 Å². The lowest BCUT2D eigenvalue weighted by molar-refractivity contribution is 0.590. The van der Waals surface area contributed by atoms with Crippen LogP contribution in [0.4, 0.5) is 11.4 Å². The zero-order chi connectivity index (χ0) is 24.0. The zero-order valence-electron chi connectivity index (χ0n) is 19.3. The van der Waals surface area contributed by atoms with Crippen molar-refractivity contribution in [3.8, 4) is 0 Å². The van der Waals surface area contributed by atoms with E-state index >= 15 is 0 Å². The number of allylic oxidation sites excluding steroid dienone is 2. The third-order valence-electron chi connectivity index (χ3n) is 5.31. The fourth-order valence-corrected chi connectivity index (χ4v) is 5.09. The normalized spacial score (nSPS) is 12.9. The molecule has 33 heavy (non-hydrogen) atoms. The van der Waals surface area contributed by atoms with E-state index in [1.165, 1.54) is 0 Å². The van der Waals surface area contributed by atoms with Crippen molar-refractivity contribution in [2.24, 2.45) is 0 Å². The molecule has 4 nitrogen and oxygen atoms in total. The molecular weight excluding hydrogens is 452 g/mol. The zero-order valence-corrected chi connectivity index (χ0v) is 20.9. The summed E-state index contributed by atoms with van der Waals surface area (Å²) in [5.41, 5.74) is 3.87. The Labute approximate surface area is 202 Å². The molecule has 0 bridgehead atoms. The maximum atomic E-state index is 13.5. The predicted molar refractivity (Wildman–Crippen MR) is 141 cm³/mol. The number of halogens is 1. The minimum Gasteiger partial charge on any atom is -0.378 e. The van der Waals surface area contributed by atoms with Crippen LogP contribution in [0.1, 0.15) is 16.4 Å². The Morgan fingerprint density at radius 1 is 0.727 bits per heavy atom. The predicted octanol–water partition coefficient (Wildman–Crippen LogP) is 6.26. The third kappa shape index (κ3) is 6.28. The SMILES string of the molecule is CN(C)c1ccc(C=CC=CC(c2ccc(N(C)C)cc2)S(=O)(=O)c2ccc(Cl)cc2)cc1. The van der Waals surface area contributed by atoms with Gasteiger partial charge in [0.2, 0.25) is 0 Å². The Bertz CT molecular complexity index is 1210. The van der Waals surface area contributed by atoms with Crippen LogP contribution < -0.4 is 9.80 Å². The summed E-state index contributed by atoms with van der Waals surface area (Å²) < 4.78 is 27.0. The first kappa shape index (κ1) is 24.6. The Hall–Kier alpha value is -3.02. The lowest BCUT2D eigenvalue weighted by Crippen LogP contribution is -2.13. The first-order valence-electron chi connectivity index (χ1n) is 10.6. The average molecular weight is 481 g/mol. The Morgan fingerprint density at radius 3 is 1.76 bits per heavy atom. The van der Waals surface area contributed by atoms with Gasteiger partial charge in [0.1, 0.15) is 5.25 Å². The van der Waals surface area contributed by atoms with Gasteiger partial charge in [0.05, 0.1) is 4.90 Å². The molecule has 0 N–H and O–H groups in total. The summed E-state index contributed by atoms with van der Waals surface area (Å²) in [7, 11) is 4.24. The minimum atomic E-state index is -3.66. The molecule has 0 saturated heterocycles. The van der Waals surface area contributed by atoms with E-state index in [1.54, 1.807) is 36.4 Å². The van der Waals surface area contributed by atoms with E-state index in [0.29, 0.717) is 10.6 Å². The van der Waals surface area contributed by atoms with Gasteiger partial charge in [-0.1, -0.05) is 60.2 Å². The van der Waals surface area contributed by atoms with Crippen LogP contribution in [0.15, 0.2) is 95.9 Å². The summed E-state index contributed by atoms with van der Waals surface area (Å²) in [5.74, 6) is 0. The van der Waals surface area contributed by atoms with Crippen molar-refractivity contribution in [2.45, 2.75) is 10.1 Å². The maximum absolute atomic E-state index is 13.5. The summed E-state index contributed by atoms with van der Waals surface area (Å²) in [6.45, 7) is 0. The molecule has 0 saturated carbocycles. The topological polar surface area (TPSA) is 40.6 Å². The molecule has 3 aromatic rings. The first-order valence-corrected chi connectivity index (χ1v) is 12.5. The van der Waals surface area contributed by atoms with Gasteiger partial charge in [-0.05, 0) is 59.7 Å². The van der Waals surface area contributed by atoms with Crippen LogP contribution in [-0.4, -0.2) is 36.6 Å². The number of nitrogens with zero attached hydrogens (tertiary/aromatic N) is 2. The molecule has 1 unspecified atom stereocenters. The molecule has 0 amide bonds. The van der Waals surface area contributed by atoms with Gasteiger partial charge in [0.25, 0.3) is 0 Å². The molecule has 0 fully saturated rings. The van der Waals surface area contributed by atoms with E-state index in [1.807, 2.05) is 98.7 Å². The number of hydrogen-bond donors (Lipinski definition) is 0. The quantitative estimate of drug-likeness (QED) is 0.357. The highest BCUT2D eigenvalue weighted by Gasteiger charge is 2.27. The highest BCUT2D eigenvalue weighted by Crippen LogP contribution is 2.32. The van der Waals surface area contributed by atoms with Gasteiger partial charge in [-0.25, -0.2) is 8.42 Å². The summed E-state index contributed by atoms with van der Waals surface area (Å²) in [6, 6.07) is 22.0. The van der Waals surface area contributed by atoms with Crippen molar-refractivity contribution in [1.29, 1.82) is 0 Å². The number of benzene rings is 3. The van der Waals surface area contributed by atoms with Crippen LogP contribution in [0.2, 0.25) is 5.02 Å². The number of anilines is 2. The second-order valence-corrected chi connectivity index (χ2v) is 10.6. The highest BCUT2D eigenvalue weighted by molar-refractivity contribution is 7.91. The monoisotopic (exact) mass is 480 g/mol. The first-order chi connectivity index (χ1) is 15.7. The average Bonchev–Trinajstić information content (AvgIpc) is 2.79. The molecule has 3 aromatic carbocycles. The van der Waals surface area contributed by atoms with Gasteiger partial charge in [0.15, 0.2) is 9.84 Å². The highest BCUT2D eigenvalue weighted by atomic mass is 35.5. The van der Waals surface area contributed by atoms with Gasteiger partial charge >= 0.3 is 0 Å². The smallest absolute Gasteiger partial charge is 0.188 e. The number of rotatable bonds is 8. The van der Waals surface area contributed by atoms with Gasteiger partial charge in [-0.3, -0.25) is 0 Å². The molecule has 0 aliphatic rings. The molecule has 0 heterocycles. The largest absolute Gasteiger partial charge is 0.378 e. The van der Waals surface area contributed by atoms with Crippen LogP contribution >= 0.6 is 11.6 Å². The van der Waals surface area contributed by atoms with Crippen molar-refractivity contribution in [3.63, 3.8) is 0 Å². The second kappa shape index (κ2) is 10.7. The molecule has 0 spiro atoms. The van der Waals surface area contributed by atoms with Crippen molar-refractivity contribution >= 4 is 38.9 Å². The lowest BCUT2D eigenvalue weighted by Gasteiger charge is -2.17. The molecule has 0 aliphatic heterocycles. The van der Waals surface area contributed by atoms with Crippen LogP contribution in [0, 0.1) is 0 Å². The molecule has 172 valence electrons. The Morgan fingerprint density at radius 2 is 1.24 bits per heavy atom. The summed E-state index contributed by atoms with van der Waals surface area (Å²) >= 11 is 5.97. The summed E-state index contributed by atoms with van der Waals surface area (Å²) in [5, 5.41) is -0.324. The molecule has 1 atom stereocenters. The van der Waals surface area contributed by atoms with Crippen LogP contribution in [-0.2, 0) is 9.84 Å². The number of hydrogen-bond acceptors (Lipinski definition) is 4. The fourth-order valence-electron chi connectivity index (χ4n) is 3.34. The molecule has 0 aliphatic carbocycles. The van der Waals surface area contributed by atoms with Crippen molar-refractivity contribution in [1.82, 2.24) is 0 Å². The minimum absolute atomic E-state index is 0.237. The number of sulfone groups is 1. The maximum Gasteiger partial charge on any atom is 0.188 e.